The highest BCUT2D eigenvalue weighted by Crippen LogP contribution is 2.35. The first-order valence-corrected chi connectivity index (χ1v) is 11.9. The van der Waals surface area contributed by atoms with E-state index in [2.05, 4.69) is 49.4 Å². The van der Waals surface area contributed by atoms with Gasteiger partial charge in [-0.15, -0.1) is 11.3 Å². The van der Waals surface area contributed by atoms with Crippen LogP contribution in [0.1, 0.15) is 70.0 Å². The highest BCUT2D eigenvalue weighted by Gasteiger charge is 2.35. The van der Waals surface area contributed by atoms with Crippen molar-refractivity contribution in [1.29, 1.82) is 0 Å². The predicted molar refractivity (Wildman–Crippen MR) is 127 cm³/mol. The molecule has 0 aromatic carbocycles. The van der Waals surface area contributed by atoms with Gasteiger partial charge in [0.2, 0.25) is 5.91 Å². The monoisotopic (exact) mass is 439 g/mol. The third-order valence-electron chi connectivity index (χ3n) is 5.81. The van der Waals surface area contributed by atoms with Gasteiger partial charge < -0.3 is 15.5 Å². The van der Waals surface area contributed by atoms with E-state index in [4.69, 9.17) is 4.98 Å². The van der Waals surface area contributed by atoms with Gasteiger partial charge >= 0.3 is 0 Å². The molecule has 2 aromatic heterocycles. The zero-order chi connectivity index (χ0) is 22.2. The normalized spacial score (nSPS) is 22.3. The second kappa shape index (κ2) is 8.36. The first-order valence-electron chi connectivity index (χ1n) is 11.1. The average molecular weight is 440 g/mol. The van der Waals surface area contributed by atoms with Crippen molar-refractivity contribution in [2.24, 2.45) is 0 Å². The summed E-state index contributed by atoms with van der Waals surface area (Å²) in [6.07, 6.45) is 7.44. The van der Waals surface area contributed by atoms with E-state index in [9.17, 15) is 4.79 Å². The van der Waals surface area contributed by atoms with Crippen molar-refractivity contribution in [3.63, 3.8) is 0 Å². The first-order chi connectivity index (χ1) is 14.6. The van der Waals surface area contributed by atoms with Crippen molar-refractivity contribution in [3.05, 3.63) is 46.6 Å². The molecule has 1 saturated heterocycles. The van der Waals surface area contributed by atoms with Crippen LogP contribution in [0.5, 0.6) is 0 Å². The topological polar surface area (TPSA) is 70.2 Å². The lowest BCUT2D eigenvalue weighted by Gasteiger charge is -2.41. The molecule has 1 atom stereocenters. The van der Waals surface area contributed by atoms with Gasteiger partial charge in [-0.2, -0.15) is 0 Å². The summed E-state index contributed by atoms with van der Waals surface area (Å²) in [6, 6.07) is 6.03. The standard InChI is InChI=1S/C24H33N5OS/c1-16-15-25-22(31-16)27-20-10-6-8-18(26-20)19-9-7-11-29(19)21(30)12-17-13-23(2,3)28-24(4,5)14-17/h6,8,10,13,15,19,28H,7,9,11-12,14H2,1-5H3,(H,25,26,27)/t19-/m1/s1. The number of hydrogen-bond donors (Lipinski definition) is 2. The largest absolute Gasteiger partial charge is 0.334 e. The Morgan fingerprint density at radius 1 is 1.32 bits per heavy atom. The lowest BCUT2D eigenvalue weighted by atomic mass is 9.82. The summed E-state index contributed by atoms with van der Waals surface area (Å²) in [4.78, 5) is 25.7. The molecule has 4 heterocycles. The van der Waals surface area contributed by atoms with Gasteiger partial charge in [-0.25, -0.2) is 9.97 Å². The van der Waals surface area contributed by atoms with Crippen LogP contribution < -0.4 is 10.6 Å². The van der Waals surface area contributed by atoms with E-state index in [1.807, 2.05) is 36.2 Å². The van der Waals surface area contributed by atoms with Crippen molar-refractivity contribution < 1.29 is 4.79 Å². The molecule has 166 valence electrons. The smallest absolute Gasteiger partial charge is 0.227 e. The summed E-state index contributed by atoms with van der Waals surface area (Å²) >= 11 is 1.61. The Balaban J connectivity index is 1.48. The van der Waals surface area contributed by atoms with Crippen molar-refractivity contribution in [1.82, 2.24) is 20.2 Å². The summed E-state index contributed by atoms with van der Waals surface area (Å²) in [5.41, 5.74) is 2.07. The Kier molecular flexibility index (Phi) is 5.92. The van der Waals surface area contributed by atoms with Crippen molar-refractivity contribution in [3.8, 4) is 0 Å². The van der Waals surface area contributed by atoms with Gasteiger partial charge in [-0.3, -0.25) is 4.79 Å². The van der Waals surface area contributed by atoms with Gasteiger partial charge in [-0.05, 0) is 66.0 Å². The van der Waals surface area contributed by atoms with Crippen LogP contribution in [0.2, 0.25) is 0 Å². The maximum absolute atomic E-state index is 13.3. The number of thiazole rings is 1. The number of nitrogens with one attached hydrogen (secondary N) is 2. The maximum atomic E-state index is 13.3. The van der Waals surface area contributed by atoms with Crippen molar-refractivity contribution in [2.75, 3.05) is 11.9 Å². The van der Waals surface area contributed by atoms with E-state index in [-0.39, 0.29) is 23.0 Å². The molecule has 0 unspecified atom stereocenters. The fraction of sp³-hybridized carbons (Fsp3) is 0.542. The van der Waals surface area contributed by atoms with E-state index in [1.165, 1.54) is 5.57 Å². The molecule has 31 heavy (non-hydrogen) atoms. The quantitative estimate of drug-likeness (QED) is 0.633. The van der Waals surface area contributed by atoms with E-state index in [1.54, 1.807) is 11.3 Å². The summed E-state index contributed by atoms with van der Waals surface area (Å²) in [5.74, 6) is 0.980. The number of pyridine rings is 1. The Hall–Kier alpha value is -2.25. The number of nitrogens with zero attached hydrogens (tertiary/aromatic N) is 3. The van der Waals surface area contributed by atoms with Crippen LogP contribution in [0.25, 0.3) is 0 Å². The molecule has 0 bridgehead atoms. The Morgan fingerprint density at radius 2 is 2.13 bits per heavy atom. The number of hydrogen-bond acceptors (Lipinski definition) is 6. The molecule has 4 rings (SSSR count). The molecule has 0 spiro atoms. The summed E-state index contributed by atoms with van der Waals surface area (Å²) < 4.78 is 0. The van der Waals surface area contributed by atoms with Gasteiger partial charge in [0.15, 0.2) is 5.13 Å². The SMILES string of the molecule is Cc1cnc(Nc2cccc([C@H]3CCCN3C(=O)CC3=CC(C)(C)NC(C)(C)C3)n2)s1. The van der Waals surface area contributed by atoms with Crippen LogP contribution in [0, 0.1) is 6.92 Å². The molecule has 6 nitrogen and oxygen atoms in total. The van der Waals surface area contributed by atoms with E-state index >= 15 is 0 Å². The van der Waals surface area contributed by atoms with Crippen LogP contribution in [-0.2, 0) is 4.79 Å². The van der Waals surface area contributed by atoms with Crippen molar-refractivity contribution in [2.45, 2.75) is 77.4 Å². The summed E-state index contributed by atoms with van der Waals surface area (Å²) in [6.45, 7) is 11.6. The molecule has 2 aliphatic heterocycles. The third kappa shape index (κ3) is 5.33. The Morgan fingerprint density at radius 3 is 2.84 bits per heavy atom. The van der Waals surface area contributed by atoms with Gasteiger partial charge in [0.05, 0.1) is 11.7 Å². The zero-order valence-electron chi connectivity index (χ0n) is 19.2. The van der Waals surface area contributed by atoms with E-state index in [0.717, 1.165) is 47.3 Å². The number of anilines is 2. The molecule has 2 aliphatic rings. The predicted octanol–water partition coefficient (Wildman–Crippen LogP) is 5.12. The third-order valence-corrected chi connectivity index (χ3v) is 6.64. The molecule has 7 heteroatoms. The molecule has 1 amide bonds. The van der Waals surface area contributed by atoms with Crippen molar-refractivity contribution >= 4 is 28.2 Å². The number of amides is 1. The number of rotatable bonds is 5. The number of likely N-dealkylation sites (tertiary alicyclic amines) is 1. The average Bonchev–Trinajstić information content (AvgIpc) is 3.28. The highest BCUT2D eigenvalue weighted by molar-refractivity contribution is 7.15. The summed E-state index contributed by atoms with van der Waals surface area (Å²) in [7, 11) is 0. The number of aryl methyl sites for hydroxylation is 1. The second-order valence-corrected chi connectivity index (χ2v) is 11.2. The lowest BCUT2D eigenvalue weighted by Crippen LogP contribution is -2.54. The number of carbonyl (C=O) groups is 1. The molecule has 1 fully saturated rings. The Labute approximate surface area is 189 Å². The van der Waals surface area contributed by atoms with Crippen LogP contribution in [0.15, 0.2) is 36.0 Å². The molecule has 0 radical (unpaired) electrons. The minimum Gasteiger partial charge on any atom is -0.334 e. The number of aromatic nitrogens is 2. The second-order valence-electron chi connectivity index (χ2n) is 9.98. The molecule has 0 aliphatic carbocycles. The maximum Gasteiger partial charge on any atom is 0.227 e. The van der Waals surface area contributed by atoms with Gasteiger partial charge in [0, 0.05) is 35.1 Å². The van der Waals surface area contributed by atoms with Gasteiger partial charge in [0.1, 0.15) is 5.82 Å². The molecular weight excluding hydrogens is 406 g/mol. The Bertz CT molecular complexity index is 993. The molecule has 2 aromatic rings. The fourth-order valence-corrected chi connectivity index (χ4v) is 5.76. The van der Waals surface area contributed by atoms with Crippen LogP contribution in [0.4, 0.5) is 10.9 Å². The van der Waals surface area contributed by atoms with Gasteiger partial charge in [-0.1, -0.05) is 17.7 Å². The van der Waals surface area contributed by atoms with E-state index in [0.29, 0.717) is 6.42 Å². The van der Waals surface area contributed by atoms with Crippen LogP contribution >= 0.6 is 11.3 Å². The minimum atomic E-state index is -0.0997. The molecule has 2 N–H and O–H groups in total. The fourth-order valence-electron chi connectivity index (χ4n) is 5.09. The van der Waals surface area contributed by atoms with Crippen LogP contribution in [-0.4, -0.2) is 38.4 Å². The molecular formula is C24H33N5OS. The van der Waals surface area contributed by atoms with Gasteiger partial charge in [0.25, 0.3) is 0 Å². The zero-order valence-corrected chi connectivity index (χ0v) is 20.0. The summed E-state index contributed by atoms with van der Waals surface area (Å²) in [5, 5.41) is 7.78. The van der Waals surface area contributed by atoms with Crippen LogP contribution in [0.3, 0.4) is 0 Å². The first kappa shape index (κ1) is 22.0. The minimum absolute atomic E-state index is 0.00594. The molecule has 0 saturated carbocycles. The number of carbonyl (C=O) groups excluding carboxylic acids is 1. The highest BCUT2D eigenvalue weighted by atomic mass is 32.1. The van der Waals surface area contributed by atoms with E-state index < -0.39 is 0 Å². The lowest BCUT2D eigenvalue weighted by molar-refractivity contribution is -0.131.